The summed E-state index contributed by atoms with van der Waals surface area (Å²) < 4.78 is 14.8. The van der Waals surface area contributed by atoms with Crippen molar-refractivity contribution in [1.29, 1.82) is 0 Å². The van der Waals surface area contributed by atoms with Crippen LogP contribution in [0, 0.1) is 12.7 Å². The molecule has 1 heterocycles. The van der Waals surface area contributed by atoms with E-state index in [2.05, 4.69) is 15.8 Å². The first-order chi connectivity index (χ1) is 13.0. The van der Waals surface area contributed by atoms with Crippen molar-refractivity contribution in [3.8, 4) is 5.69 Å². The molecule has 0 aliphatic carbocycles. The van der Waals surface area contributed by atoms with Gasteiger partial charge in [-0.25, -0.2) is 9.37 Å². The highest BCUT2D eigenvalue weighted by molar-refractivity contribution is 7.98. The smallest absolute Gasteiger partial charge is 0.283 e. The molecule has 0 saturated carbocycles. The Hall–Kier alpha value is -3.13. The van der Waals surface area contributed by atoms with Crippen LogP contribution in [0.1, 0.15) is 26.4 Å². The van der Waals surface area contributed by atoms with Crippen LogP contribution in [0.25, 0.3) is 5.69 Å². The van der Waals surface area contributed by atoms with Gasteiger partial charge in [-0.05, 0) is 49.6 Å². The summed E-state index contributed by atoms with van der Waals surface area (Å²) >= 11 is 1.35. The average Bonchev–Trinajstić information content (AvgIpc) is 3.11. The minimum atomic E-state index is -0.535. The van der Waals surface area contributed by atoms with Crippen LogP contribution in [-0.4, -0.2) is 27.6 Å². The lowest BCUT2D eigenvalue weighted by Gasteiger charge is -2.12. The number of nitrogens with zero attached hydrogens (tertiary/aromatic N) is 2. The lowest BCUT2D eigenvalue weighted by molar-refractivity contribution is 0.0842. The Morgan fingerprint density at radius 2 is 1.63 bits per heavy atom. The fraction of sp³-hybridized carbons (Fsp3) is 0.105. The lowest BCUT2D eigenvalue weighted by atomic mass is 10.1. The fourth-order valence-electron chi connectivity index (χ4n) is 2.43. The van der Waals surface area contributed by atoms with Crippen LogP contribution in [0.3, 0.4) is 0 Å². The molecule has 0 saturated heterocycles. The fourth-order valence-corrected chi connectivity index (χ4v) is 2.98. The van der Waals surface area contributed by atoms with Gasteiger partial charge in [0.05, 0.1) is 6.20 Å². The maximum atomic E-state index is 13.2. The molecule has 138 valence electrons. The normalized spacial score (nSPS) is 10.5. The number of hydrogen-bond donors (Lipinski definition) is 2. The number of rotatable bonds is 4. The van der Waals surface area contributed by atoms with Gasteiger partial charge in [-0.1, -0.05) is 29.5 Å². The van der Waals surface area contributed by atoms with Crippen LogP contribution in [0.4, 0.5) is 4.39 Å². The van der Waals surface area contributed by atoms with Gasteiger partial charge in [0, 0.05) is 11.3 Å². The van der Waals surface area contributed by atoms with Crippen molar-refractivity contribution in [2.45, 2.75) is 12.1 Å². The Morgan fingerprint density at radius 1 is 1.00 bits per heavy atom. The number of imidazole rings is 1. The van der Waals surface area contributed by atoms with Crippen LogP contribution in [-0.2, 0) is 0 Å². The Labute approximate surface area is 159 Å². The highest BCUT2D eigenvalue weighted by Gasteiger charge is 2.18. The van der Waals surface area contributed by atoms with Crippen LogP contribution in [0.15, 0.2) is 59.9 Å². The molecule has 2 amide bonds. The van der Waals surface area contributed by atoms with E-state index >= 15 is 0 Å². The predicted octanol–water partition coefficient (Wildman–Crippen LogP) is 3.12. The molecule has 0 unspecified atom stereocenters. The van der Waals surface area contributed by atoms with E-state index in [4.69, 9.17) is 0 Å². The summed E-state index contributed by atoms with van der Waals surface area (Å²) in [5.41, 5.74) is 7.04. The van der Waals surface area contributed by atoms with E-state index in [0.717, 1.165) is 5.56 Å². The first-order valence-corrected chi connectivity index (χ1v) is 9.27. The maximum Gasteiger partial charge on any atom is 0.288 e. The molecule has 0 aliphatic heterocycles. The van der Waals surface area contributed by atoms with E-state index < -0.39 is 11.8 Å². The number of carbonyl (C=O) groups is 2. The van der Waals surface area contributed by atoms with Crippen molar-refractivity contribution in [3.05, 3.63) is 77.4 Å². The van der Waals surface area contributed by atoms with Crippen molar-refractivity contribution < 1.29 is 14.0 Å². The van der Waals surface area contributed by atoms with Crippen molar-refractivity contribution in [1.82, 2.24) is 20.4 Å². The van der Waals surface area contributed by atoms with Gasteiger partial charge < -0.3 is 0 Å². The van der Waals surface area contributed by atoms with Gasteiger partial charge in [0.15, 0.2) is 5.16 Å². The number of nitrogens with one attached hydrogen (secondary N) is 2. The van der Waals surface area contributed by atoms with E-state index in [0.29, 0.717) is 16.4 Å². The molecular weight excluding hydrogens is 367 g/mol. The van der Waals surface area contributed by atoms with E-state index in [1.54, 1.807) is 28.8 Å². The van der Waals surface area contributed by atoms with Gasteiger partial charge >= 0.3 is 0 Å². The summed E-state index contributed by atoms with van der Waals surface area (Å²) in [7, 11) is 0. The van der Waals surface area contributed by atoms with Gasteiger partial charge in [0.1, 0.15) is 11.5 Å². The summed E-state index contributed by atoms with van der Waals surface area (Å²) in [6, 6.07) is 12.7. The molecule has 1 aromatic heterocycles. The summed E-state index contributed by atoms with van der Waals surface area (Å²) in [5.74, 6) is -1.34. The van der Waals surface area contributed by atoms with E-state index in [1.807, 2.05) is 25.3 Å². The summed E-state index contributed by atoms with van der Waals surface area (Å²) in [5, 5.41) is 0.566. The number of aromatic nitrogens is 2. The molecule has 0 aliphatic rings. The minimum Gasteiger partial charge on any atom is -0.283 e. The molecule has 0 radical (unpaired) electrons. The number of carbonyl (C=O) groups excluding carboxylic acids is 2. The molecule has 0 fully saturated rings. The molecule has 8 heteroatoms. The van der Waals surface area contributed by atoms with Gasteiger partial charge in [-0.3, -0.25) is 25.0 Å². The first-order valence-electron chi connectivity index (χ1n) is 8.04. The highest BCUT2D eigenvalue weighted by Crippen LogP contribution is 2.21. The summed E-state index contributed by atoms with van der Waals surface area (Å²) in [6.45, 7) is 1.92. The molecule has 27 heavy (non-hydrogen) atoms. The number of amides is 2. The number of aryl methyl sites for hydroxylation is 1. The Morgan fingerprint density at radius 3 is 2.26 bits per heavy atom. The molecule has 3 aromatic rings. The predicted molar refractivity (Wildman–Crippen MR) is 101 cm³/mol. The Kier molecular flexibility index (Phi) is 5.56. The molecular formula is C19H17FN4O2S. The summed E-state index contributed by atoms with van der Waals surface area (Å²) in [4.78, 5) is 28.9. The van der Waals surface area contributed by atoms with E-state index in [1.165, 1.54) is 30.1 Å². The minimum absolute atomic E-state index is 0.218. The van der Waals surface area contributed by atoms with Crippen LogP contribution in [0.5, 0.6) is 0 Å². The first kappa shape index (κ1) is 18.7. The van der Waals surface area contributed by atoms with Gasteiger partial charge in [-0.15, -0.1) is 0 Å². The van der Waals surface area contributed by atoms with Crippen molar-refractivity contribution in [2.24, 2.45) is 0 Å². The number of thioether (sulfide) groups is 1. The van der Waals surface area contributed by atoms with Crippen molar-refractivity contribution in [3.63, 3.8) is 0 Å². The zero-order chi connectivity index (χ0) is 19.4. The van der Waals surface area contributed by atoms with Gasteiger partial charge in [0.25, 0.3) is 11.8 Å². The molecule has 6 nitrogen and oxygen atoms in total. The number of halogens is 1. The molecule has 2 aromatic carbocycles. The van der Waals surface area contributed by atoms with Gasteiger partial charge in [-0.2, -0.15) is 0 Å². The maximum absolute atomic E-state index is 13.2. The summed E-state index contributed by atoms with van der Waals surface area (Å²) in [6.07, 6.45) is 3.23. The number of benzene rings is 2. The van der Waals surface area contributed by atoms with Crippen LogP contribution in [0.2, 0.25) is 0 Å². The lowest BCUT2D eigenvalue weighted by Crippen LogP contribution is -2.42. The third-order valence-electron chi connectivity index (χ3n) is 3.83. The second-order valence-electron chi connectivity index (χ2n) is 5.72. The van der Waals surface area contributed by atoms with Crippen molar-refractivity contribution in [2.75, 3.05) is 6.26 Å². The molecule has 3 rings (SSSR count). The SMILES string of the molecule is CSc1ncc(C(=O)NNC(=O)c2ccc(C)cc2)n1-c1ccc(F)cc1. The average molecular weight is 384 g/mol. The number of hydrogen-bond acceptors (Lipinski definition) is 4. The largest absolute Gasteiger partial charge is 0.288 e. The molecule has 2 N–H and O–H groups in total. The van der Waals surface area contributed by atoms with Gasteiger partial charge in [0.2, 0.25) is 0 Å². The van der Waals surface area contributed by atoms with E-state index in [-0.39, 0.29) is 11.5 Å². The highest BCUT2D eigenvalue weighted by atomic mass is 32.2. The second-order valence-corrected chi connectivity index (χ2v) is 6.49. The quantitative estimate of drug-likeness (QED) is 0.535. The van der Waals surface area contributed by atoms with Crippen LogP contribution >= 0.6 is 11.8 Å². The Balaban J connectivity index is 1.79. The third-order valence-corrected chi connectivity index (χ3v) is 4.49. The zero-order valence-corrected chi connectivity index (χ0v) is 15.5. The zero-order valence-electron chi connectivity index (χ0n) is 14.7. The monoisotopic (exact) mass is 384 g/mol. The standard InChI is InChI=1S/C19H17FN4O2S/c1-12-3-5-13(6-4-12)17(25)22-23-18(26)16-11-21-19(27-2)24(16)15-9-7-14(20)8-10-15/h3-11H,1-2H3,(H,22,25)(H,23,26). The Bertz CT molecular complexity index is 968. The number of hydrazine groups is 1. The molecule has 0 bridgehead atoms. The second kappa shape index (κ2) is 8.05. The topological polar surface area (TPSA) is 76.0 Å². The third kappa shape index (κ3) is 4.17. The van der Waals surface area contributed by atoms with Crippen LogP contribution < -0.4 is 10.9 Å². The van der Waals surface area contributed by atoms with Crippen molar-refractivity contribution >= 4 is 23.6 Å². The molecule has 0 atom stereocenters. The molecule has 0 spiro atoms. The van der Waals surface area contributed by atoms with E-state index in [9.17, 15) is 14.0 Å².